The average molecular weight is 334 g/mol. The zero-order chi connectivity index (χ0) is 16.0. The van der Waals surface area contributed by atoms with E-state index in [0.717, 1.165) is 22.7 Å². The number of thiocarbonyl (C=S) groups is 1. The number of halogens is 1. The van der Waals surface area contributed by atoms with E-state index in [1.165, 1.54) is 12.1 Å². The molecule has 0 saturated heterocycles. The van der Waals surface area contributed by atoms with Crippen LogP contribution in [-0.2, 0) is 14.8 Å². The molecule has 3 N–H and O–H groups in total. The maximum absolute atomic E-state index is 12.9. The maximum Gasteiger partial charge on any atom is 0.259 e. The Hall–Kier alpha value is -1.94. The summed E-state index contributed by atoms with van der Waals surface area (Å²) in [5, 5.41) is 2.75. The van der Waals surface area contributed by atoms with Gasteiger partial charge in [0.15, 0.2) is 5.11 Å². The number of sulfonamides is 1. The summed E-state index contributed by atoms with van der Waals surface area (Å²) in [6, 6.07) is 4.77. The molecular formula is C11H15FN4O3S2. The predicted octanol–water partition coefficient (Wildman–Crippen LogP) is -0.283. The number of carbonyl (C=O) groups is 1. The Morgan fingerprint density at radius 3 is 2.33 bits per heavy atom. The van der Waals surface area contributed by atoms with E-state index >= 15 is 0 Å². The van der Waals surface area contributed by atoms with Gasteiger partial charge in [0.25, 0.3) is 5.91 Å². The number of carbonyl (C=O) groups excluding carboxylic acids is 1. The van der Waals surface area contributed by atoms with Gasteiger partial charge in [0.05, 0.1) is 11.9 Å². The van der Waals surface area contributed by atoms with E-state index in [1.54, 1.807) is 7.05 Å². The van der Waals surface area contributed by atoms with Crippen LogP contribution in [0, 0.1) is 5.82 Å². The summed E-state index contributed by atoms with van der Waals surface area (Å²) in [5.74, 6) is -1.12. The van der Waals surface area contributed by atoms with E-state index in [-0.39, 0.29) is 10.8 Å². The van der Waals surface area contributed by atoms with Crippen LogP contribution in [0.3, 0.4) is 0 Å². The van der Waals surface area contributed by atoms with Crippen LogP contribution in [-0.4, -0.2) is 39.3 Å². The zero-order valence-corrected chi connectivity index (χ0v) is 13.0. The topological polar surface area (TPSA) is 90.5 Å². The van der Waals surface area contributed by atoms with Gasteiger partial charge in [0.1, 0.15) is 12.4 Å². The predicted molar refractivity (Wildman–Crippen MR) is 81.5 cm³/mol. The van der Waals surface area contributed by atoms with Gasteiger partial charge in [-0.25, -0.2) is 12.8 Å². The molecule has 0 heterocycles. The standard InChI is InChI=1S/C11H15FN4O3S2/c1-13-11(20)15-14-10(17)7-16(21(2,18)19)9-5-3-8(12)4-6-9/h3-6H,7H2,1-2H3,(H,14,17)(H2,13,15,20). The van der Waals surface area contributed by atoms with E-state index in [4.69, 9.17) is 12.2 Å². The SMILES string of the molecule is CNC(=S)NNC(=O)CN(c1ccc(F)cc1)S(C)(=O)=O. The average Bonchev–Trinajstić information content (AvgIpc) is 2.42. The molecule has 0 bridgehead atoms. The van der Waals surface area contributed by atoms with Gasteiger partial charge < -0.3 is 5.32 Å². The van der Waals surface area contributed by atoms with Crippen molar-refractivity contribution in [1.29, 1.82) is 0 Å². The van der Waals surface area contributed by atoms with Crippen LogP contribution in [0.4, 0.5) is 10.1 Å². The number of anilines is 1. The lowest BCUT2D eigenvalue weighted by Crippen LogP contribution is -2.49. The largest absolute Gasteiger partial charge is 0.364 e. The third-order valence-corrected chi connectivity index (χ3v) is 3.79. The van der Waals surface area contributed by atoms with E-state index in [1.807, 2.05) is 0 Å². The molecule has 0 aliphatic carbocycles. The Bertz CT molecular complexity index is 619. The van der Waals surface area contributed by atoms with Crippen molar-refractivity contribution in [2.75, 3.05) is 24.2 Å². The maximum atomic E-state index is 12.9. The van der Waals surface area contributed by atoms with Gasteiger partial charge in [-0.15, -0.1) is 0 Å². The molecule has 0 fully saturated rings. The molecule has 1 rings (SSSR count). The van der Waals surface area contributed by atoms with Crippen LogP contribution in [0.15, 0.2) is 24.3 Å². The number of hydrogen-bond acceptors (Lipinski definition) is 4. The van der Waals surface area contributed by atoms with Crippen molar-refractivity contribution < 1.29 is 17.6 Å². The lowest BCUT2D eigenvalue weighted by atomic mass is 10.3. The Kier molecular flexibility index (Phi) is 5.85. The number of nitrogens with one attached hydrogen (secondary N) is 3. The number of benzene rings is 1. The summed E-state index contributed by atoms with van der Waals surface area (Å²) in [7, 11) is -2.14. The van der Waals surface area contributed by atoms with Crippen molar-refractivity contribution in [3.63, 3.8) is 0 Å². The van der Waals surface area contributed by atoms with Crippen molar-refractivity contribution in [3.8, 4) is 0 Å². The highest BCUT2D eigenvalue weighted by Gasteiger charge is 2.20. The number of hydrogen-bond donors (Lipinski definition) is 3. The Labute approximate surface area is 127 Å². The quantitative estimate of drug-likeness (QED) is 0.518. The first-order valence-electron chi connectivity index (χ1n) is 5.74. The summed E-state index contributed by atoms with van der Waals surface area (Å²) in [4.78, 5) is 11.7. The van der Waals surface area contributed by atoms with Crippen molar-refractivity contribution in [2.24, 2.45) is 0 Å². The van der Waals surface area contributed by atoms with Crippen LogP contribution in [0.5, 0.6) is 0 Å². The summed E-state index contributed by atoms with van der Waals surface area (Å²) < 4.78 is 37.2. The van der Waals surface area contributed by atoms with E-state index in [0.29, 0.717) is 0 Å². The van der Waals surface area contributed by atoms with Crippen molar-refractivity contribution >= 4 is 38.9 Å². The molecule has 0 aliphatic heterocycles. The van der Waals surface area contributed by atoms with Gasteiger partial charge in [-0.2, -0.15) is 0 Å². The number of nitrogens with zero attached hydrogens (tertiary/aromatic N) is 1. The highest BCUT2D eigenvalue weighted by Crippen LogP contribution is 2.17. The normalized spacial score (nSPS) is 10.6. The van der Waals surface area contributed by atoms with Crippen LogP contribution < -0.4 is 20.5 Å². The minimum atomic E-state index is -3.70. The van der Waals surface area contributed by atoms with Crippen LogP contribution in [0.1, 0.15) is 0 Å². The molecule has 1 aromatic rings. The number of hydrazine groups is 1. The molecule has 0 aromatic heterocycles. The molecule has 0 atom stereocenters. The third-order valence-electron chi connectivity index (χ3n) is 2.34. The van der Waals surface area contributed by atoms with Gasteiger partial charge in [-0.3, -0.25) is 20.0 Å². The Morgan fingerprint density at radius 1 is 1.29 bits per heavy atom. The molecule has 0 radical (unpaired) electrons. The molecule has 1 aromatic carbocycles. The van der Waals surface area contributed by atoms with E-state index in [2.05, 4.69) is 16.2 Å². The summed E-state index contributed by atoms with van der Waals surface area (Å²) in [6.45, 7) is -0.468. The molecule has 0 saturated carbocycles. The Morgan fingerprint density at radius 2 is 1.86 bits per heavy atom. The van der Waals surface area contributed by atoms with E-state index in [9.17, 15) is 17.6 Å². The first kappa shape index (κ1) is 17.1. The minimum Gasteiger partial charge on any atom is -0.364 e. The zero-order valence-electron chi connectivity index (χ0n) is 11.4. The fraction of sp³-hybridized carbons (Fsp3) is 0.273. The van der Waals surface area contributed by atoms with E-state index < -0.39 is 28.3 Å². The highest BCUT2D eigenvalue weighted by atomic mass is 32.2. The first-order valence-corrected chi connectivity index (χ1v) is 7.99. The monoisotopic (exact) mass is 334 g/mol. The lowest BCUT2D eigenvalue weighted by molar-refractivity contribution is -0.120. The third kappa shape index (κ3) is 5.52. The summed E-state index contributed by atoms with van der Waals surface area (Å²) in [5.41, 5.74) is 4.82. The molecule has 0 unspecified atom stereocenters. The highest BCUT2D eigenvalue weighted by molar-refractivity contribution is 7.92. The van der Waals surface area contributed by atoms with Gasteiger partial charge in [0.2, 0.25) is 10.0 Å². The summed E-state index contributed by atoms with van der Waals surface area (Å²) in [6.07, 6.45) is 0.954. The van der Waals surface area contributed by atoms with Crippen LogP contribution >= 0.6 is 12.2 Å². The molecule has 10 heteroatoms. The van der Waals surface area contributed by atoms with Crippen molar-refractivity contribution in [1.82, 2.24) is 16.2 Å². The van der Waals surface area contributed by atoms with Gasteiger partial charge in [0, 0.05) is 7.05 Å². The second-order valence-electron chi connectivity index (χ2n) is 4.00. The fourth-order valence-corrected chi connectivity index (χ4v) is 2.27. The van der Waals surface area contributed by atoms with Crippen LogP contribution in [0.2, 0.25) is 0 Å². The minimum absolute atomic E-state index is 0.177. The van der Waals surface area contributed by atoms with Crippen LogP contribution in [0.25, 0.3) is 0 Å². The lowest BCUT2D eigenvalue weighted by Gasteiger charge is -2.22. The van der Waals surface area contributed by atoms with Crippen molar-refractivity contribution in [2.45, 2.75) is 0 Å². The molecule has 0 aliphatic rings. The molecule has 116 valence electrons. The van der Waals surface area contributed by atoms with Gasteiger partial charge in [-0.05, 0) is 36.5 Å². The van der Waals surface area contributed by atoms with Crippen molar-refractivity contribution in [3.05, 3.63) is 30.1 Å². The first-order chi connectivity index (χ1) is 9.74. The second-order valence-corrected chi connectivity index (χ2v) is 6.31. The Balaban J connectivity index is 2.83. The molecule has 21 heavy (non-hydrogen) atoms. The molecule has 0 spiro atoms. The molecular weight excluding hydrogens is 319 g/mol. The second kappa shape index (κ2) is 7.18. The number of rotatable bonds is 4. The molecule has 7 nitrogen and oxygen atoms in total. The molecule has 1 amide bonds. The smallest absolute Gasteiger partial charge is 0.259 e. The number of amides is 1. The van der Waals surface area contributed by atoms with Gasteiger partial charge in [-0.1, -0.05) is 0 Å². The fourth-order valence-electron chi connectivity index (χ4n) is 1.37. The van der Waals surface area contributed by atoms with Gasteiger partial charge >= 0.3 is 0 Å². The summed E-state index contributed by atoms with van der Waals surface area (Å²) >= 11 is 4.76.